The van der Waals surface area contributed by atoms with Crippen LogP contribution >= 0.6 is 0 Å². The van der Waals surface area contributed by atoms with Crippen molar-refractivity contribution in [3.63, 3.8) is 0 Å². The Morgan fingerprint density at radius 3 is 2.80 bits per heavy atom. The second kappa shape index (κ2) is 6.62. The largest absolute Gasteiger partial charge is 0.358 e. The Morgan fingerprint density at radius 1 is 1.50 bits per heavy atom. The fourth-order valence-corrected chi connectivity index (χ4v) is 2.38. The second-order valence-electron chi connectivity index (χ2n) is 5.10. The number of likely N-dealkylation sites (N-methyl/N-ethyl adjacent to an activating group) is 1. The summed E-state index contributed by atoms with van der Waals surface area (Å²) in [4.78, 5) is 19.0. The van der Waals surface area contributed by atoms with E-state index in [0.29, 0.717) is 0 Å². The smallest absolute Gasteiger partial charge is 0.287 e. The molecule has 7 nitrogen and oxygen atoms in total. The molecule has 1 fully saturated rings. The number of rotatable bonds is 5. The van der Waals surface area contributed by atoms with Gasteiger partial charge in [-0.15, -0.1) is 0 Å². The first-order valence-electron chi connectivity index (χ1n) is 6.83. The summed E-state index contributed by atoms with van der Waals surface area (Å²) in [6.45, 7) is 7.93. The Labute approximate surface area is 118 Å². The highest BCUT2D eigenvalue weighted by molar-refractivity contribution is 5.49. The Kier molecular flexibility index (Phi) is 4.86. The minimum Gasteiger partial charge on any atom is -0.358 e. The molecule has 1 aromatic heterocycles. The molecule has 1 aliphatic heterocycles. The molecule has 0 unspecified atom stereocenters. The van der Waals surface area contributed by atoms with Gasteiger partial charge in [-0.05, 0) is 12.5 Å². The summed E-state index contributed by atoms with van der Waals surface area (Å²) in [5, 5.41) is 14.0. The standard InChI is InChI=1S/C13H21N5O2/c1-11-9-12(18(19)20)10-15-13(11)16(2)7-8-17-5-3-14-4-6-17/h9-10,14H,3-8H2,1-2H3. The molecule has 7 heteroatoms. The van der Waals surface area contributed by atoms with E-state index in [-0.39, 0.29) is 5.69 Å². The molecule has 2 rings (SSSR count). The Hall–Kier alpha value is -1.73. The maximum Gasteiger partial charge on any atom is 0.287 e. The van der Waals surface area contributed by atoms with Gasteiger partial charge in [0.25, 0.3) is 5.69 Å². The van der Waals surface area contributed by atoms with Crippen molar-refractivity contribution < 1.29 is 4.92 Å². The summed E-state index contributed by atoms with van der Waals surface area (Å²) in [7, 11) is 1.98. The minimum absolute atomic E-state index is 0.0433. The highest BCUT2D eigenvalue weighted by Crippen LogP contribution is 2.20. The van der Waals surface area contributed by atoms with Crippen LogP contribution in [0.25, 0.3) is 0 Å². The maximum atomic E-state index is 10.7. The number of nitrogens with one attached hydrogen (secondary N) is 1. The third kappa shape index (κ3) is 3.64. The normalized spacial score (nSPS) is 16.1. The van der Waals surface area contributed by atoms with Crippen LogP contribution < -0.4 is 10.2 Å². The quantitative estimate of drug-likeness (QED) is 0.630. The molecule has 2 heterocycles. The third-order valence-electron chi connectivity index (χ3n) is 3.57. The zero-order chi connectivity index (χ0) is 14.5. The van der Waals surface area contributed by atoms with Gasteiger partial charge in [-0.3, -0.25) is 15.0 Å². The zero-order valence-corrected chi connectivity index (χ0v) is 12.0. The number of aromatic nitrogens is 1. The molecule has 0 atom stereocenters. The van der Waals surface area contributed by atoms with Gasteiger partial charge in [0.1, 0.15) is 12.0 Å². The molecule has 0 saturated carbocycles. The van der Waals surface area contributed by atoms with Crippen molar-refractivity contribution in [3.05, 3.63) is 27.9 Å². The Bertz CT molecular complexity index is 474. The lowest BCUT2D eigenvalue weighted by Crippen LogP contribution is -2.46. The van der Waals surface area contributed by atoms with Gasteiger partial charge in [0.2, 0.25) is 0 Å². The lowest BCUT2D eigenvalue weighted by Gasteiger charge is -2.29. The first kappa shape index (κ1) is 14.7. The summed E-state index contributed by atoms with van der Waals surface area (Å²) >= 11 is 0. The van der Waals surface area contributed by atoms with Crippen LogP contribution in [0.2, 0.25) is 0 Å². The SMILES string of the molecule is Cc1cc([N+](=O)[O-])cnc1N(C)CCN1CCNCC1. The van der Waals surface area contributed by atoms with E-state index in [2.05, 4.69) is 20.1 Å². The number of aryl methyl sites for hydroxylation is 1. The first-order chi connectivity index (χ1) is 9.58. The average Bonchev–Trinajstić information content (AvgIpc) is 2.45. The molecule has 110 valence electrons. The Morgan fingerprint density at radius 2 is 2.20 bits per heavy atom. The first-order valence-corrected chi connectivity index (χ1v) is 6.83. The van der Waals surface area contributed by atoms with Crippen LogP contribution in [0.5, 0.6) is 0 Å². The maximum absolute atomic E-state index is 10.7. The predicted molar refractivity (Wildman–Crippen MR) is 78.2 cm³/mol. The van der Waals surface area contributed by atoms with Crippen molar-refractivity contribution in [2.24, 2.45) is 0 Å². The Balaban J connectivity index is 1.94. The van der Waals surface area contributed by atoms with E-state index in [0.717, 1.165) is 50.6 Å². The monoisotopic (exact) mass is 279 g/mol. The molecule has 0 amide bonds. The van der Waals surface area contributed by atoms with E-state index in [1.807, 2.05) is 14.0 Å². The molecule has 0 radical (unpaired) electrons. The van der Waals surface area contributed by atoms with Crippen LogP contribution in [0, 0.1) is 17.0 Å². The van der Waals surface area contributed by atoms with Gasteiger partial charge in [-0.2, -0.15) is 0 Å². The number of pyridine rings is 1. The van der Waals surface area contributed by atoms with Crippen LogP contribution in [0.3, 0.4) is 0 Å². The van der Waals surface area contributed by atoms with E-state index in [1.165, 1.54) is 6.20 Å². The number of hydrogen-bond acceptors (Lipinski definition) is 6. The van der Waals surface area contributed by atoms with E-state index < -0.39 is 4.92 Å². The van der Waals surface area contributed by atoms with Gasteiger partial charge in [0.15, 0.2) is 0 Å². The van der Waals surface area contributed by atoms with E-state index in [4.69, 9.17) is 0 Å². The van der Waals surface area contributed by atoms with Crippen molar-refractivity contribution in [2.45, 2.75) is 6.92 Å². The summed E-state index contributed by atoms with van der Waals surface area (Å²) in [5.41, 5.74) is 0.878. The summed E-state index contributed by atoms with van der Waals surface area (Å²) in [6.07, 6.45) is 1.32. The van der Waals surface area contributed by atoms with Crippen LogP contribution in [-0.2, 0) is 0 Å². The van der Waals surface area contributed by atoms with Gasteiger partial charge < -0.3 is 10.2 Å². The van der Waals surface area contributed by atoms with Gasteiger partial charge in [0.05, 0.1) is 4.92 Å². The van der Waals surface area contributed by atoms with Gasteiger partial charge in [-0.1, -0.05) is 0 Å². The predicted octanol–water partition coefficient (Wildman–Crippen LogP) is 0.640. The van der Waals surface area contributed by atoms with Crippen molar-refractivity contribution >= 4 is 11.5 Å². The van der Waals surface area contributed by atoms with Crippen molar-refractivity contribution in [1.29, 1.82) is 0 Å². The highest BCUT2D eigenvalue weighted by atomic mass is 16.6. The zero-order valence-electron chi connectivity index (χ0n) is 12.0. The molecule has 0 bridgehead atoms. The minimum atomic E-state index is -0.412. The van der Waals surface area contributed by atoms with Crippen molar-refractivity contribution in [2.75, 3.05) is 51.2 Å². The van der Waals surface area contributed by atoms with Crippen LogP contribution in [-0.4, -0.2) is 61.1 Å². The molecule has 0 spiro atoms. The fraction of sp³-hybridized carbons (Fsp3) is 0.615. The summed E-state index contributed by atoms with van der Waals surface area (Å²) < 4.78 is 0. The summed E-state index contributed by atoms with van der Waals surface area (Å²) in [5.74, 6) is 0.811. The highest BCUT2D eigenvalue weighted by Gasteiger charge is 2.14. The number of anilines is 1. The van der Waals surface area contributed by atoms with Crippen molar-refractivity contribution in [3.8, 4) is 0 Å². The van der Waals surface area contributed by atoms with E-state index >= 15 is 0 Å². The van der Waals surface area contributed by atoms with Crippen molar-refractivity contribution in [1.82, 2.24) is 15.2 Å². The molecular formula is C13H21N5O2. The third-order valence-corrected chi connectivity index (χ3v) is 3.57. The molecule has 0 aliphatic carbocycles. The topological polar surface area (TPSA) is 74.5 Å². The molecular weight excluding hydrogens is 258 g/mol. The van der Waals surface area contributed by atoms with Gasteiger partial charge in [0, 0.05) is 52.4 Å². The summed E-state index contributed by atoms with van der Waals surface area (Å²) in [6, 6.07) is 1.57. The molecule has 1 aromatic rings. The molecule has 1 aliphatic rings. The number of hydrogen-bond donors (Lipinski definition) is 1. The lowest BCUT2D eigenvalue weighted by molar-refractivity contribution is -0.385. The van der Waals surface area contributed by atoms with Gasteiger partial charge >= 0.3 is 0 Å². The van der Waals surface area contributed by atoms with Crippen LogP contribution in [0.4, 0.5) is 11.5 Å². The van der Waals surface area contributed by atoms with Crippen LogP contribution in [0.1, 0.15) is 5.56 Å². The number of piperazine rings is 1. The van der Waals surface area contributed by atoms with Gasteiger partial charge in [-0.25, -0.2) is 4.98 Å². The number of nitrogens with zero attached hydrogens (tertiary/aromatic N) is 4. The second-order valence-corrected chi connectivity index (χ2v) is 5.10. The fourth-order valence-electron chi connectivity index (χ4n) is 2.38. The molecule has 0 aromatic carbocycles. The molecule has 1 N–H and O–H groups in total. The molecule has 20 heavy (non-hydrogen) atoms. The average molecular weight is 279 g/mol. The van der Waals surface area contributed by atoms with E-state index in [1.54, 1.807) is 6.07 Å². The number of nitro groups is 1. The van der Waals surface area contributed by atoms with E-state index in [9.17, 15) is 10.1 Å². The van der Waals surface area contributed by atoms with Crippen LogP contribution in [0.15, 0.2) is 12.3 Å². The molecule has 1 saturated heterocycles. The lowest BCUT2D eigenvalue weighted by atomic mass is 10.2.